The first-order chi connectivity index (χ1) is 27.6. The number of esters is 2. The van der Waals surface area contributed by atoms with Gasteiger partial charge in [-0.05, 0) is 94.0 Å². The molecular weight excluding hydrogens is 721 g/mol. The third kappa shape index (κ3) is 5.98. The van der Waals surface area contributed by atoms with Gasteiger partial charge in [-0.2, -0.15) is 0 Å². The van der Waals surface area contributed by atoms with E-state index in [1.165, 1.54) is 49.9 Å². The van der Waals surface area contributed by atoms with E-state index in [-0.39, 0.29) is 44.9 Å². The number of carbonyl (C=O) groups excluding carboxylic acids is 6. The lowest BCUT2D eigenvalue weighted by atomic mass is 9.68. The van der Waals surface area contributed by atoms with Crippen molar-refractivity contribution < 1.29 is 38.2 Å². The Morgan fingerprint density at radius 3 is 1.46 bits per heavy atom. The molecule has 3 aliphatic rings. The van der Waals surface area contributed by atoms with E-state index in [1.807, 2.05) is 48.5 Å². The molecule has 2 heterocycles. The maximum Gasteiger partial charge on any atom is 0.343 e. The summed E-state index contributed by atoms with van der Waals surface area (Å²) in [6.07, 6.45) is 1.25. The van der Waals surface area contributed by atoms with Gasteiger partial charge in [-0.25, -0.2) is 9.59 Å². The molecule has 0 saturated heterocycles. The van der Waals surface area contributed by atoms with Crippen LogP contribution in [-0.4, -0.2) is 47.5 Å². The number of nitrogens with one attached hydrogen (secondary N) is 1. The van der Waals surface area contributed by atoms with Gasteiger partial charge in [-0.1, -0.05) is 93.1 Å². The Morgan fingerprint density at radius 2 is 0.947 bits per heavy atom. The highest BCUT2D eigenvalue weighted by molar-refractivity contribution is 6.22. The van der Waals surface area contributed by atoms with E-state index in [9.17, 15) is 28.8 Å². The van der Waals surface area contributed by atoms with Crippen molar-refractivity contribution >= 4 is 35.6 Å². The zero-order valence-electron chi connectivity index (χ0n) is 31.1. The Balaban J connectivity index is 0.00000147. The molecular formula is C47H34N2O8. The molecule has 1 aliphatic carbocycles. The number of amides is 4. The van der Waals surface area contributed by atoms with Crippen molar-refractivity contribution in [2.24, 2.45) is 0 Å². The Bertz CT molecular complexity index is 2630. The minimum absolute atomic E-state index is 0.122. The van der Waals surface area contributed by atoms with E-state index < -0.39 is 41.0 Å². The van der Waals surface area contributed by atoms with E-state index in [0.29, 0.717) is 0 Å². The second-order valence-corrected chi connectivity index (χ2v) is 13.8. The van der Waals surface area contributed by atoms with Gasteiger partial charge in [-0.15, -0.1) is 0 Å². The molecule has 0 bridgehead atoms. The Labute approximate surface area is 327 Å². The highest BCUT2D eigenvalue weighted by Crippen LogP contribution is 2.56. The molecule has 0 saturated carbocycles. The van der Waals surface area contributed by atoms with Crippen molar-refractivity contribution in [2.45, 2.75) is 25.7 Å². The number of benzene rings is 6. The standard InChI is InChI=1S/C44H26N2O8.C3H8/c1-46-40(49)33-21-11-25(23-35(33)41(46)50)43(52)54-29-18-14-27(15-19-29)44(36-8-4-2-6-30(36)31-7-3-5-9-37(31)44)26-12-16-28(17-13-26)53-42(51)24-10-20-32-34(22-24)39(48)45-38(32)47;1-3-2/h2-23H,1H3,(H,45,47,48);3H2,1-2H3. The fourth-order valence-corrected chi connectivity index (χ4v) is 7.68. The summed E-state index contributed by atoms with van der Waals surface area (Å²) < 4.78 is 11.4. The van der Waals surface area contributed by atoms with Gasteiger partial charge in [0.05, 0.1) is 38.8 Å². The summed E-state index contributed by atoms with van der Waals surface area (Å²) in [4.78, 5) is 76.3. The largest absolute Gasteiger partial charge is 0.423 e. The van der Waals surface area contributed by atoms with E-state index in [4.69, 9.17) is 9.47 Å². The highest BCUT2D eigenvalue weighted by Gasteiger charge is 2.46. The van der Waals surface area contributed by atoms with Crippen molar-refractivity contribution in [3.63, 3.8) is 0 Å². The summed E-state index contributed by atoms with van der Waals surface area (Å²) in [5, 5.41) is 2.22. The number of hydrogen-bond acceptors (Lipinski definition) is 8. The van der Waals surface area contributed by atoms with Gasteiger partial charge in [0.1, 0.15) is 11.5 Å². The summed E-state index contributed by atoms with van der Waals surface area (Å²) in [6, 6.07) is 39.3. The van der Waals surface area contributed by atoms with Crippen LogP contribution in [0.2, 0.25) is 0 Å². The minimum Gasteiger partial charge on any atom is -0.423 e. The first-order valence-corrected chi connectivity index (χ1v) is 18.4. The van der Waals surface area contributed by atoms with Crippen LogP contribution in [0.15, 0.2) is 133 Å². The van der Waals surface area contributed by atoms with Crippen molar-refractivity contribution in [1.82, 2.24) is 10.2 Å². The topological polar surface area (TPSA) is 136 Å². The van der Waals surface area contributed by atoms with Gasteiger partial charge in [0.2, 0.25) is 0 Å². The van der Waals surface area contributed by atoms with Gasteiger partial charge in [0.25, 0.3) is 23.6 Å². The monoisotopic (exact) mass is 754 g/mol. The Morgan fingerprint density at radius 1 is 0.526 bits per heavy atom. The van der Waals surface area contributed by atoms with Crippen molar-refractivity contribution in [3.8, 4) is 22.6 Å². The molecule has 10 heteroatoms. The van der Waals surface area contributed by atoms with Gasteiger partial charge >= 0.3 is 11.9 Å². The fourth-order valence-electron chi connectivity index (χ4n) is 7.68. The highest BCUT2D eigenvalue weighted by atomic mass is 16.5. The summed E-state index contributed by atoms with van der Waals surface area (Å²) in [5.74, 6) is -2.75. The van der Waals surface area contributed by atoms with Crippen LogP contribution in [0, 0.1) is 0 Å². The average molecular weight is 755 g/mol. The first kappa shape index (κ1) is 36.5. The van der Waals surface area contributed by atoms with Crippen molar-refractivity contribution in [1.29, 1.82) is 0 Å². The molecule has 0 fully saturated rings. The summed E-state index contributed by atoms with van der Waals surface area (Å²) in [6.45, 7) is 4.25. The molecule has 9 rings (SSSR count). The molecule has 2 aliphatic heterocycles. The molecule has 10 nitrogen and oxygen atoms in total. The summed E-state index contributed by atoms with van der Waals surface area (Å²) in [5.41, 5.74) is 6.16. The molecule has 280 valence electrons. The molecule has 6 aromatic carbocycles. The van der Waals surface area contributed by atoms with Crippen LogP contribution in [-0.2, 0) is 5.41 Å². The zero-order chi connectivity index (χ0) is 40.0. The van der Waals surface area contributed by atoms with E-state index in [1.54, 1.807) is 24.3 Å². The smallest absolute Gasteiger partial charge is 0.343 e. The number of imide groups is 2. The number of fused-ring (bicyclic) bond motifs is 5. The van der Waals surface area contributed by atoms with Crippen LogP contribution >= 0.6 is 0 Å². The van der Waals surface area contributed by atoms with Crippen LogP contribution in [0.3, 0.4) is 0 Å². The lowest BCUT2D eigenvalue weighted by Crippen LogP contribution is -2.28. The van der Waals surface area contributed by atoms with Crippen LogP contribution in [0.1, 0.15) is 105 Å². The summed E-state index contributed by atoms with van der Waals surface area (Å²) >= 11 is 0. The van der Waals surface area contributed by atoms with Gasteiger partial charge in [-0.3, -0.25) is 29.4 Å². The minimum atomic E-state index is -0.808. The average Bonchev–Trinajstić information content (AvgIpc) is 3.78. The fraction of sp³-hybridized carbons (Fsp3) is 0.106. The third-order valence-corrected chi connectivity index (χ3v) is 10.2. The molecule has 1 N–H and O–H groups in total. The van der Waals surface area contributed by atoms with Crippen LogP contribution < -0.4 is 14.8 Å². The number of rotatable bonds is 6. The zero-order valence-corrected chi connectivity index (χ0v) is 31.1. The number of ether oxygens (including phenoxy) is 2. The molecule has 0 atom stereocenters. The number of nitrogens with zero attached hydrogens (tertiary/aromatic N) is 1. The summed E-state index contributed by atoms with van der Waals surface area (Å²) in [7, 11) is 1.39. The van der Waals surface area contributed by atoms with Gasteiger partial charge in [0, 0.05) is 7.05 Å². The van der Waals surface area contributed by atoms with E-state index in [0.717, 1.165) is 38.3 Å². The molecule has 0 aromatic heterocycles. The van der Waals surface area contributed by atoms with Gasteiger partial charge < -0.3 is 9.47 Å². The lowest BCUT2D eigenvalue weighted by Gasteiger charge is -2.34. The molecule has 0 radical (unpaired) electrons. The molecule has 0 unspecified atom stereocenters. The van der Waals surface area contributed by atoms with E-state index >= 15 is 0 Å². The molecule has 4 amide bonds. The Kier molecular flexibility index (Phi) is 9.17. The first-order valence-electron chi connectivity index (χ1n) is 18.4. The van der Waals surface area contributed by atoms with Gasteiger partial charge in [0.15, 0.2) is 0 Å². The second kappa shape index (κ2) is 14.3. The lowest BCUT2D eigenvalue weighted by molar-refractivity contribution is 0.0688. The number of carbonyl (C=O) groups is 6. The SMILES string of the molecule is CCC.CN1C(=O)c2ccc(C(=O)Oc3ccc(C4(c5ccc(OC(=O)c6ccc7c(c6)C(=O)NC7=O)cc5)c5ccccc5-c5ccccc54)cc3)cc2C1=O. The van der Waals surface area contributed by atoms with Crippen LogP contribution in [0.4, 0.5) is 0 Å². The van der Waals surface area contributed by atoms with Crippen LogP contribution in [0.5, 0.6) is 11.5 Å². The maximum atomic E-state index is 13.2. The number of hydrogen-bond donors (Lipinski definition) is 1. The maximum absolute atomic E-state index is 13.2. The predicted octanol–water partition coefficient (Wildman–Crippen LogP) is 8.01. The quantitative estimate of drug-likeness (QED) is 0.102. The molecule has 57 heavy (non-hydrogen) atoms. The Hall–Kier alpha value is -7.46. The third-order valence-electron chi connectivity index (χ3n) is 10.2. The molecule has 0 spiro atoms. The second-order valence-electron chi connectivity index (χ2n) is 13.8. The normalized spacial score (nSPS) is 14.1. The molecule has 6 aromatic rings. The van der Waals surface area contributed by atoms with E-state index in [2.05, 4.69) is 43.4 Å². The van der Waals surface area contributed by atoms with Crippen molar-refractivity contribution in [3.05, 3.63) is 189 Å². The van der Waals surface area contributed by atoms with Crippen LogP contribution in [0.25, 0.3) is 11.1 Å². The predicted molar refractivity (Wildman–Crippen MR) is 211 cm³/mol. The van der Waals surface area contributed by atoms with Crippen molar-refractivity contribution in [2.75, 3.05) is 7.05 Å².